The van der Waals surface area contributed by atoms with Crippen LogP contribution in [0.25, 0.3) is 21.8 Å². The molecule has 0 unspecified atom stereocenters. The Bertz CT molecular complexity index is 1600. The van der Waals surface area contributed by atoms with Gasteiger partial charge in [0.05, 0.1) is 15.9 Å². The predicted molar refractivity (Wildman–Crippen MR) is 137 cm³/mol. The van der Waals surface area contributed by atoms with E-state index in [0.29, 0.717) is 21.9 Å². The van der Waals surface area contributed by atoms with Crippen LogP contribution in [0.4, 0.5) is 5.69 Å². The van der Waals surface area contributed by atoms with Crippen molar-refractivity contribution in [3.05, 3.63) is 97.1 Å². The number of rotatable bonds is 7. The molecule has 0 saturated heterocycles. The topological polar surface area (TPSA) is 81.1 Å². The number of thioether (sulfide) groups is 1. The fourth-order valence-electron chi connectivity index (χ4n) is 3.72. The van der Waals surface area contributed by atoms with E-state index in [0.717, 1.165) is 16.5 Å². The molecule has 170 valence electrons. The van der Waals surface area contributed by atoms with Gasteiger partial charge in [0.25, 0.3) is 10.0 Å². The monoisotopic (exact) mass is 487 g/mol. The summed E-state index contributed by atoms with van der Waals surface area (Å²) in [6, 6.07) is 29.1. The molecule has 4 aromatic carbocycles. The number of hydrogen-bond acceptors (Lipinski definition) is 5. The average Bonchev–Trinajstić information content (AvgIpc) is 3.23. The maximum absolute atomic E-state index is 13.7. The van der Waals surface area contributed by atoms with Crippen molar-refractivity contribution >= 4 is 55.2 Å². The van der Waals surface area contributed by atoms with Crippen molar-refractivity contribution in [2.75, 3.05) is 11.1 Å². The number of nitrogens with one attached hydrogen (secondary N) is 1. The molecule has 0 atom stereocenters. The van der Waals surface area contributed by atoms with E-state index in [1.807, 2.05) is 66.7 Å². The second kappa shape index (κ2) is 9.32. The van der Waals surface area contributed by atoms with Crippen molar-refractivity contribution in [3.8, 4) is 0 Å². The highest BCUT2D eigenvalue weighted by Gasteiger charge is 2.25. The van der Waals surface area contributed by atoms with Crippen molar-refractivity contribution in [3.63, 3.8) is 0 Å². The summed E-state index contributed by atoms with van der Waals surface area (Å²) in [4.78, 5) is 17.1. The lowest BCUT2D eigenvalue weighted by molar-refractivity contribution is -0.115. The van der Waals surface area contributed by atoms with Crippen LogP contribution in [0.1, 0.15) is 6.42 Å². The molecule has 6 nitrogen and oxygen atoms in total. The van der Waals surface area contributed by atoms with Crippen molar-refractivity contribution in [1.82, 2.24) is 8.96 Å². The molecule has 0 spiro atoms. The Kier molecular flexibility index (Phi) is 6.08. The van der Waals surface area contributed by atoms with Crippen molar-refractivity contribution in [2.45, 2.75) is 16.5 Å². The van der Waals surface area contributed by atoms with Crippen LogP contribution in [-0.4, -0.2) is 29.0 Å². The smallest absolute Gasteiger partial charge is 0.270 e. The number of para-hydroxylation sites is 3. The molecule has 1 aromatic heterocycles. The summed E-state index contributed by atoms with van der Waals surface area (Å²) in [6.07, 6.45) is 0.221. The first-order valence-corrected chi connectivity index (χ1v) is 13.1. The van der Waals surface area contributed by atoms with Gasteiger partial charge in [-0.15, -0.1) is 0 Å². The molecule has 0 radical (unpaired) electrons. The number of carbonyl (C=O) groups excluding carboxylic acids is 1. The Morgan fingerprint density at radius 1 is 0.853 bits per heavy atom. The van der Waals surface area contributed by atoms with Crippen LogP contribution in [0.2, 0.25) is 0 Å². The van der Waals surface area contributed by atoms with E-state index in [4.69, 9.17) is 0 Å². The normalized spacial score (nSPS) is 11.6. The number of nitrogens with zero attached hydrogens (tertiary/aromatic N) is 2. The lowest BCUT2D eigenvalue weighted by Gasteiger charge is -2.11. The maximum Gasteiger partial charge on any atom is 0.270 e. The number of anilines is 1. The molecular formula is C26H21N3O3S2. The zero-order chi connectivity index (χ0) is 23.5. The summed E-state index contributed by atoms with van der Waals surface area (Å²) >= 11 is 1.25. The predicted octanol–water partition coefficient (Wildman–Crippen LogP) is 5.55. The third kappa shape index (κ3) is 4.42. The summed E-state index contributed by atoms with van der Waals surface area (Å²) < 4.78 is 28.8. The molecule has 0 fully saturated rings. The minimum Gasteiger partial charge on any atom is -0.326 e. The van der Waals surface area contributed by atoms with Gasteiger partial charge in [0, 0.05) is 17.9 Å². The van der Waals surface area contributed by atoms with Crippen LogP contribution >= 0.6 is 11.8 Å². The van der Waals surface area contributed by atoms with Crippen LogP contribution in [0, 0.1) is 0 Å². The zero-order valence-corrected chi connectivity index (χ0v) is 19.7. The van der Waals surface area contributed by atoms with Gasteiger partial charge in [-0.2, -0.15) is 0 Å². The summed E-state index contributed by atoms with van der Waals surface area (Å²) in [7, 11) is -3.91. The molecule has 8 heteroatoms. The van der Waals surface area contributed by atoms with Crippen molar-refractivity contribution in [2.24, 2.45) is 0 Å². The van der Waals surface area contributed by atoms with Gasteiger partial charge in [-0.05, 0) is 47.2 Å². The summed E-state index contributed by atoms with van der Waals surface area (Å²) in [5.74, 6) is 0.244. The molecule has 5 rings (SSSR count). The molecule has 0 saturated carbocycles. The number of fused-ring (bicyclic) bond motifs is 2. The molecule has 1 amide bonds. The molecule has 1 N–H and O–H groups in total. The Morgan fingerprint density at radius 2 is 1.56 bits per heavy atom. The number of benzene rings is 4. The number of carbonyl (C=O) groups is 1. The second-order valence-electron chi connectivity index (χ2n) is 7.67. The van der Waals surface area contributed by atoms with Crippen LogP contribution in [0.15, 0.2) is 107 Å². The third-order valence-electron chi connectivity index (χ3n) is 5.37. The van der Waals surface area contributed by atoms with E-state index in [2.05, 4.69) is 10.3 Å². The van der Waals surface area contributed by atoms with E-state index >= 15 is 0 Å². The Labute approximate surface area is 201 Å². The Morgan fingerprint density at radius 3 is 2.38 bits per heavy atom. The standard InChI is InChI=1S/C26H21N3O3S2/c30-25(27-21-10-2-1-3-11-21)16-17-33-26-28-23-12-6-7-13-24(23)29(26)34(31,32)22-15-14-19-8-4-5-9-20(19)18-22/h1-15,18H,16-17H2,(H,27,30). The largest absolute Gasteiger partial charge is 0.326 e. The molecule has 0 aliphatic heterocycles. The minimum absolute atomic E-state index is 0.140. The Balaban J connectivity index is 1.44. The van der Waals surface area contributed by atoms with Crippen LogP contribution in [-0.2, 0) is 14.8 Å². The zero-order valence-electron chi connectivity index (χ0n) is 18.1. The van der Waals surface area contributed by atoms with Gasteiger partial charge in [0.1, 0.15) is 0 Å². The van der Waals surface area contributed by atoms with Gasteiger partial charge < -0.3 is 5.32 Å². The van der Waals surface area contributed by atoms with Gasteiger partial charge in [-0.1, -0.05) is 72.4 Å². The fraction of sp³-hybridized carbons (Fsp3) is 0.0769. The van der Waals surface area contributed by atoms with E-state index in [1.165, 1.54) is 15.7 Å². The van der Waals surface area contributed by atoms with E-state index in [-0.39, 0.29) is 17.2 Å². The quantitative estimate of drug-likeness (QED) is 0.305. The lowest BCUT2D eigenvalue weighted by Crippen LogP contribution is -2.15. The number of amides is 1. The second-order valence-corrected chi connectivity index (χ2v) is 10.5. The molecule has 0 bridgehead atoms. The summed E-state index contributed by atoms with van der Waals surface area (Å²) in [5.41, 5.74) is 1.82. The van der Waals surface area contributed by atoms with Crippen LogP contribution in [0.3, 0.4) is 0 Å². The van der Waals surface area contributed by atoms with Gasteiger partial charge >= 0.3 is 0 Å². The fourth-order valence-corrected chi connectivity index (χ4v) is 6.41. The first-order valence-electron chi connectivity index (χ1n) is 10.7. The van der Waals surface area contributed by atoms with E-state index in [9.17, 15) is 13.2 Å². The minimum atomic E-state index is -3.91. The first-order chi connectivity index (χ1) is 16.5. The summed E-state index contributed by atoms with van der Waals surface area (Å²) in [5, 5.41) is 5.00. The van der Waals surface area contributed by atoms with Gasteiger partial charge in [-0.3, -0.25) is 4.79 Å². The van der Waals surface area contributed by atoms with Gasteiger partial charge in [0.15, 0.2) is 5.16 Å². The Hall–Kier alpha value is -3.62. The highest BCUT2D eigenvalue weighted by molar-refractivity contribution is 8.00. The van der Waals surface area contributed by atoms with Gasteiger partial charge in [-0.25, -0.2) is 17.4 Å². The molecule has 5 aromatic rings. The maximum atomic E-state index is 13.7. The molecular weight excluding hydrogens is 466 g/mol. The lowest BCUT2D eigenvalue weighted by atomic mass is 10.1. The third-order valence-corrected chi connectivity index (χ3v) is 8.12. The average molecular weight is 488 g/mol. The molecule has 0 aliphatic carbocycles. The van der Waals surface area contributed by atoms with E-state index in [1.54, 1.807) is 30.3 Å². The molecule has 0 aliphatic rings. The number of imidazole rings is 1. The summed E-state index contributed by atoms with van der Waals surface area (Å²) in [6.45, 7) is 0. The first kappa shape index (κ1) is 22.2. The van der Waals surface area contributed by atoms with Crippen LogP contribution in [0.5, 0.6) is 0 Å². The number of hydrogen-bond donors (Lipinski definition) is 1. The van der Waals surface area contributed by atoms with Crippen molar-refractivity contribution < 1.29 is 13.2 Å². The highest BCUT2D eigenvalue weighted by Crippen LogP contribution is 2.30. The number of aromatic nitrogens is 2. The van der Waals surface area contributed by atoms with E-state index < -0.39 is 10.0 Å². The molecule has 34 heavy (non-hydrogen) atoms. The van der Waals surface area contributed by atoms with Gasteiger partial charge in [0.2, 0.25) is 5.91 Å². The SMILES string of the molecule is O=C(CCSc1nc2ccccc2n1S(=O)(=O)c1ccc2ccccc2c1)Nc1ccccc1. The van der Waals surface area contributed by atoms with Crippen LogP contribution < -0.4 is 5.32 Å². The van der Waals surface area contributed by atoms with Crippen molar-refractivity contribution in [1.29, 1.82) is 0 Å². The molecule has 1 heterocycles. The highest BCUT2D eigenvalue weighted by atomic mass is 32.2.